The highest BCUT2D eigenvalue weighted by atomic mass is 32.2. The van der Waals surface area contributed by atoms with E-state index in [9.17, 15) is 18.0 Å². The summed E-state index contributed by atoms with van der Waals surface area (Å²) in [5.74, 6) is -0.110. The van der Waals surface area contributed by atoms with Crippen LogP contribution in [0, 0.1) is 0 Å². The molecule has 2 aromatic rings. The van der Waals surface area contributed by atoms with E-state index in [-0.39, 0.29) is 12.2 Å². The zero-order chi connectivity index (χ0) is 21.4. The Morgan fingerprint density at radius 2 is 1.72 bits per heavy atom. The topological polar surface area (TPSA) is 98.8 Å². The van der Waals surface area contributed by atoms with E-state index < -0.39 is 22.1 Å². The number of benzene rings is 2. The largest absolute Gasteiger partial charge is 0.494 e. The molecule has 0 bridgehead atoms. The minimum absolute atomic E-state index is 0.124. The number of ketones is 1. The van der Waals surface area contributed by atoms with Crippen LogP contribution in [-0.4, -0.2) is 39.1 Å². The molecule has 2 rings (SSSR count). The molecule has 0 saturated heterocycles. The predicted octanol–water partition coefficient (Wildman–Crippen LogP) is 3.20. The van der Waals surface area contributed by atoms with E-state index in [1.54, 1.807) is 0 Å². The standard InChI is InChI=1S/C21H25NO6S/c1-4-27-19-8-6-5-7-16(19)11-14-20(23)28-15(2)21(24)17-9-12-18(13-10-17)22-29(3,25)26/h5-10,12-13,15,22H,4,11,14H2,1-3H3/t15-/m0/s1. The molecule has 7 nitrogen and oxygen atoms in total. The molecular weight excluding hydrogens is 394 g/mol. The number of anilines is 1. The van der Waals surface area contributed by atoms with Crippen LogP contribution in [0.4, 0.5) is 5.69 Å². The van der Waals surface area contributed by atoms with Gasteiger partial charge in [-0.05, 0) is 56.2 Å². The Balaban J connectivity index is 1.91. The van der Waals surface area contributed by atoms with E-state index in [2.05, 4.69) is 4.72 Å². The smallest absolute Gasteiger partial charge is 0.306 e. The molecule has 0 spiro atoms. The van der Waals surface area contributed by atoms with Crippen molar-refractivity contribution in [2.45, 2.75) is 32.8 Å². The van der Waals surface area contributed by atoms with Gasteiger partial charge in [0.2, 0.25) is 15.8 Å². The van der Waals surface area contributed by atoms with Gasteiger partial charge in [0.15, 0.2) is 6.10 Å². The number of sulfonamides is 1. The molecule has 0 heterocycles. The van der Waals surface area contributed by atoms with Crippen LogP contribution in [0.2, 0.25) is 0 Å². The summed E-state index contributed by atoms with van der Waals surface area (Å²) in [4.78, 5) is 24.6. The molecule has 1 N–H and O–H groups in total. The minimum Gasteiger partial charge on any atom is -0.494 e. The van der Waals surface area contributed by atoms with Crippen LogP contribution in [0.15, 0.2) is 48.5 Å². The normalized spacial score (nSPS) is 12.1. The fourth-order valence-electron chi connectivity index (χ4n) is 2.70. The third-order valence-corrected chi connectivity index (χ3v) is 4.63. The van der Waals surface area contributed by atoms with Gasteiger partial charge in [-0.1, -0.05) is 18.2 Å². The lowest BCUT2D eigenvalue weighted by Gasteiger charge is -2.14. The SMILES string of the molecule is CCOc1ccccc1CCC(=O)O[C@@H](C)C(=O)c1ccc(NS(C)(=O)=O)cc1. The maximum Gasteiger partial charge on any atom is 0.306 e. The minimum atomic E-state index is -3.39. The molecule has 0 radical (unpaired) electrons. The number of ether oxygens (including phenoxy) is 2. The van der Waals surface area contributed by atoms with Crippen LogP contribution < -0.4 is 9.46 Å². The van der Waals surface area contributed by atoms with Crippen LogP contribution >= 0.6 is 0 Å². The number of aryl methyl sites for hydroxylation is 1. The van der Waals surface area contributed by atoms with Crippen LogP contribution in [0.25, 0.3) is 0 Å². The number of para-hydroxylation sites is 1. The summed E-state index contributed by atoms with van der Waals surface area (Å²) in [5, 5.41) is 0. The number of Topliss-reactive ketones (excluding diaryl/α,β-unsaturated/α-hetero) is 1. The third kappa shape index (κ3) is 7.23. The first-order chi connectivity index (χ1) is 13.7. The quantitative estimate of drug-likeness (QED) is 0.469. The average Bonchev–Trinajstić information content (AvgIpc) is 2.66. The molecule has 2 aromatic carbocycles. The van der Waals surface area contributed by atoms with Crippen LogP contribution in [0.1, 0.15) is 36.2 Å². The lowest BCUT2D eigenvalue weighted by molar-refractivity contribution is -0.146. The fourth-order valence-corrected chi connectivity index (χ4v) is 3.27. The Kier molecular flexibility index (Phi) is 7.78. The van der Waals surface area contributed by atoms with Gasteiger partial charge in [0.25, 0.3) is 0 Å². The molecule has 0 fully saturated rings. The lowest BCUT2D eigenvalue weighted by atomic mass is 10.1. The highest BCUT2D eigenvalue weighted by Crippen LogP contribution is 2.20. The molecule has 0 amide bonds. The molecule has 0 aromatic heterocycles. The molecule has 1 atom stereocenters. The van der Waals surface area contributed by atoms with Gasteiger partial charge >= 0.3 is 5.97 Å². The van der Waals surface area contributed by atoms with Gasteiger partial charge in [-0.15, -0.1) is 0 Å². The maximum atomic E-state index is 12.5. The number of nitrogens with one attached hydrogen (secondary N) is 1. The summed E-state index contributed by atoms with van der Waals surface area (Å²) in [7, 11) is -3.39. The second-order valence-electron chi connectivity index (χ2n) is 6.49. The Morgan fingerprint density at radius 1 is 1.07 bits per heavy atom. The van der Waals surface area contributed by atoms with Crippen molar-refractivity contribution in [2.75, 3.05) is 17.6 Å². The van der Waals surface area contributed by atoms with Crippen molar-refractivity contribution in [1.29, 1.82) is 0 Å². The fraction of sp³-hybridized carbons (Fsp3) is 0.333. The van der Waals surface area contributed by atoms with E-state index in [1.165, 1.54) is 31.2 Å². The summed E-state index contributed by atoms with van der Waals surface area (Å²) in [6, 6.07) is 13.4. The van der Waals surface area contributed by atoms with Crippen LogP contribution in [0.3, 0.4) is 0 Å². The Bertz CT molecular complexity index is 953. The second kappa shape index (κ2) is 10.1. The number of esters is 1. The van der Waals surface area contributed by atoms with E-state index in [4.69, 9.17) is 9.47 Å². The van der Waals surface area contributed by atoms with Crippen molar-refractivity contribution in [3.63, 3.8) is 0 Å². The summed E-state index contributed by atoms with van der Waals surface area (Å²) in [5.41, 5.74) is 1.58. The summed E-state index contributed by atoms with van der Waals surface area (Å²) in [6.45, 7) is 3.94. The Morgan fingerprint density at radius 3 is 2.34 bits per heavy atom. The maximum absolute atomic E-state index is 12.5. The third-order valence-electron chi connectivity index (χ3n) is 4.02. The number of rotatable bonds is 10. The summed E-state index contributed by atoms with van der Waals surface area (Å²) < 4.78 is 35.6. The monoisotopic (exact) mass is 419 g/mol. The van der Waals surface area contributed by atoms with Gasteiger partial charge in [0.05, 0.1) is 12.9 Å². The molecule has 0 aliphatic heterocycles. The average molecular weight is 419 g/mol. The molecule has 0 saturated carbocycles. The van der Waals surface area contributed by atoms with Crippen molar-refractivity contribution in [3.8, 4) is 5.75 Å². The Hall–Kier alpha value is -2.87. The van der Waals surface area contributed by atoms with E-state index in [1.807, 2.05) is 31.2 Å². The summed E-state index contributed by atoms with van der Waals surface area (Å²) in [6.07, 6.45) is 0.666. The predicted molar refractivity (Wildman–Crippen MR) is 111 cm³/mol. The zero-order valence-corrected chi connectivity index (χ0v) is 17.5. The second-order valence-corrected chi connectivity index (χ2v) is 8.24. The van der Waals surface area contributed by atoms with E-state index in [0.29, 0.717) is 24.3 Å². The first kappa shape index (κ1) is 22.4. The lowest BCUT2D eigenvalue weighted by Crippen LogP contribution is -2.24. The number of hydrogen-bond donors (Lipinski definition) is 1. The van der Waals surface area contributed by atoms with E-state index in [0.717, 1.165) is 17.6 Å². The highest BCUT2D eigenvalue weighted by molar-refractivity contribution is 7.92. The van der Waals surface area contributed by atoms with Gasteiger partial charge in [0.1, 0.15) is 5.75 Å². The van der Waals surface area contributed by atoms with Gasteiger partial charge in [-0.25, -0.2) is 8.42 Å². The van der Waals surface area contributed by atoms with Crippen molar-refractivity contribution < 1.29 is 27.5 Å². The first-order valence-electron chi connectivity index (χ1n) is 9.22. The van der Waals surface area contributed by atoms with Crippen molar-refractivity contribution in [1.82, 2.24) is 0 Å². The van der Waals surface area contributed by atoms with Crippen molar-refractivity contribution >= 4 is 27.5 Å². The van der Waals surface area contributed by atoms with Crippen molar-refractivity contribution in [2.24, 2.45) is 0 Å². The molecule has 29 heavy (non-hydrogen) atoms. The van der Waals surface area contributed by atoms with Crippen LogP contribution in [0.5, 0.6) is 5.75 Å². The first-order valence-corrected chi connectivity index (χ1v) is 11.1. The van der Waals surface area contributed by atoms with Crippen LogP contribution in [-0.2, 0) is 26.0 Å². The molecule has 0 aliphatic rings. The molecule has 156 valence electrons. The van der Waals surface area contributed by atoms with Crippen molar-refractivity contribution in [3.05, 3.63) is 59.7 Å². The highest BCUT2D eigenvalue weighted by Gasteiger charge is 2.20. The molecular formula is C21H25NO6S. The van der Waals surface area contributed by atoms with Gasteiger partial charge in [-0.3, -0.25) is 14.3 Å². The van der Waals surface area contributed by atoms with E-state index >= 15 is 0 Å². The van der Waals surface area contributed by atoms with Gasteiger partial charge < -0.3 is 9.47 Å². The number of hydrogen-bond acceptors (Lipinski definition) is 6. The van der Waals surface area contributed by atoms with Gasteiger partial charge in [0, 0.05) is 17.7 Å². The summed E-state index contributed by atoms with van der Waals surface area (Å²) >= 11 is 0. The molecule has 0 unspecified atom stereocenters. The molecule has 8 heteroatoms. The van der Waals surface area contributed by atoms with Gasteiger partial charge in [-0.2, -0.15) is 0 Å². The number of carbonyl (C=O) groups excluding carboxylic acids is 2. The zero-order valence-electron chi connectivity index (χ0n) is 16.7. The molecule has 0 aliphatic carbocycles. The number of carbonyl (C=O) groups is 2. The Labute approximate surface area is 171 Å².